The standard InChI is InChI=1S/C15H16BrNO3/c1-14(2,3)20-12(18)10-7-15(10)9-6-8(16)4-5-11(9)17-13(15)19/h4-6,10H,7H2,1-3H3,(H,17,19). The molecule has 106 valence electrons. The molecule has 2 atom stereocenters. The number of nitrogens with one attached hydrogen (secondary N) is 1. The monoisotopic (exact) mass is 337 g/mol. The molecule has 1 aromatic rings. The van der Waals surface area contributed by atoms with E-state index in [1.165, 1.54) is 0 Å². The average molecular weight is 338 g/mol. The van der Waals surface area contributed by atoms with Gasteiger partial charge >= 0.3 is 5.97 Å². The van der Waals surface area contributed by atoms with E-state index in [2.05, 4.69) is 21.2 Å². The van der Waals surface area contributed by atoms with Gasteiger partial charge in [0, 0.05) is 10.2 Å². The molecule has 1 heterocycles. The van der Waals surface area contributed by atoms with E-state index in [1.807, 2.05) is 39.0 Å². The maximum absolute atomic E-state index is 12.3. The lowest BCUT2D eigenvalue weighted by atomic mass is 9.95. The highest BCUT2D eigenvalue weighted by Gasteiger charge is 2.68. The van der Waals surface area contributed by atoms with Crippen molar-refractivity contribution in [2.24, 2.45) is 5.92 Å². The number of amides is 1. The third kappa shape index (κ3) is 1.95. The molecule has 1 saturated carbocycles. The minimum absolute atomic E-state index is 0.0959. The van der Waals surface area contributed by atoms with Crippen molar-refractivity contribution in [3.05, 3.63) is 28.2 Å². The number of hydrogen-bond acceptors (Lipinski definition) is 3. The van der Waals surface area contributed by atoms with Crippen LogP contribution in [0.4, 0.5) is 5.69 Å². The van der Waals surface area contributed by atoms with Gasteiger partial charge in [0.1, 0.15) is 5.60 Å². The molecule has 4 nitrogen and oxygen atoms in total. The van der Waals surface area contributed by atoms with Gasteiger partial charge in [-0.2, -0.15) is 0 Å². The third-order valence-electron chi connectivity index (χ3n) is 3.77. The molecule has 0 saturated heterocycles. The summed E-state index contributed by atoms with van der Waals surface area (Å²) in [5.41, 5.74) is 0.439. The van der Waals surface area contributed by atoms with Crippen LogP contribution in [0.3, 0.4) is 0 Å². The van der Waals surface area contributed by atoms with Crippen molar-refractivity contribution >= 4 is 33.5 Å². The quantitative estimate of drug-likeness (QED) is 0.801. The predicted molar refractivity (Wildman–Crippen MR) is 78.4 cm³/mol. The summed E-state index contributed by atoms with van der Waals surface area (Å²) in [6.45, 7) is 5.50. The number of rotatable bonds is 1. The Bertz CT molecular complexity index is 620. The smallest absolute Gasteiger partial charge is 0.310 e. The molecule has 2 unspecified atom stereocenters. The normalized spacial score (nSPS) is 27.2. The second-order valence-electron chi connectivity index (χ2n) is 6.41. The lowest BCUT2D eigenvalue weighted by Crippen LogP contribution is -2.29. The van der Waals surface area contributed by atoms with E-state index >= 15 is 0 Å². The first-order valence-electron chi connectivity index (χ1n) is 6.58. The van der Waals surface area contributed by atoms with Gasteiger partial charge in [0.25, 0.3) is 0 Å². The van der Waals surface area contributed by atoms with E-state index in [9.17, 15) is 9.59 Å². The maximum atomic E-state index is 12.3. The SMILES string of the molecule is CC(C)(C)OC(=O)C1CC12C(=O)Nc1ccc(Br)cc12. The minimum atomic E-state index is -0.721. The van der Waals surface area contributed by atoms with Crippen LogP contribution in [-0.2, 0) is 19.7 Å². The van der Waals surface area contributed by atoms with E-state index in [-0.39, 0.29) is 17.8 Å². The summed E-state index contributed by atoms with van der Waals surface area (Å²) in [6, 6.07) is 5.65. The molecule has 0 bridgehead atoms. The first-order chi connectivity index (χ1) is 9.24. The fraction of sp³-hybridized carbons (Fsp3) is 0.467. The van der Waals surface area contributed by atoms with Gasteiger partial charge in [-0.1, -0.05) is 15.9 Å². The number of benzene rings is 1. The van der Waals surface area contributed by atoms with Gasteiger partial charge < -0.3 is 10.1 Å². The molecule has 1 spiro atoms. The molecule has 1 fully saturated rings. The molecule has 2 aliphatic rings. The summed E-state index contributed by atoms with van der Waals surface area (Å²) < 4.78 is 6.32. The van der Waals surface area contributed by atoms with E-state index in [0.29, 0.717) is 6.42 Å². The number of halogens is 1. The topological polar surface area (TPSA) is 55.4 Å². The van der Waals surface area contributed by atoms with Crippen LogP contribution in [0.25, 0.3) is 0 Å². The van der Waals surface area contributed by atoms with Crippen molar-refractivity contribution in [3.8, 4) is 0 Å². The van der Waals surface area contributed by atoms with E-state index < -0.39 is 11.0 Å². The minimum Gasteiger partial charge on any atom is -0.460 e. The Hall–Kier alpha value is -1.36. The highest BCUT2D eigenvalue weighted by Crippen LogP contribution is 2.60. The van der Waals surface area contributed by atoms with Crippen LogP contribution in [0.15, 0.2) is 22.7 Å². The largest absolute Gasteiger partial charge is 0.460 e. The van der Waals surface area contributed by atoms with Gasteiger partial charge in [0.05, 0.1) is 11.3 Å². The van der Waals surface area contributed by atoms with Crippen LogP contribution >= 0.6 is 15.9 Å². The summed E-state index contributed by atoms with van der Waals surface area (Å²) in [5, 5.41) is 2.86. The Balaban J connectivity index is 1.92. The molecule has 0 aromatic heterocycles. The van der Waals surface area contributed by atoms with Crippen LogP contribution in [0.2, 0.25) is 0 Å². The number of carbonyl (C=O) groups is 2. The Labute approximate surface area is 126 Å². The fourth-order valence-corrected chi connectivity index (χ4v) is 3.18. The number of hydrogen-bond donors (Lipinski definition) is 1. The molecule has 1 N–H and O–H groups in total. The first-order valence-corrected chi connectivity index (χ1v) is 7.38. The van der Waals surface area contributed by atoms with Gasteiger partial charge in [-0.25, -0.2) is 0 Å². The highest BCUT2D eigenvalue weighted by atomic mass is 79.9. The van der Waals surface area contributed by atoms with E-state index in [4.69, 9.17) is 4.74 Å². The van der Waals surface area contributed by atoms with Crippen LogP contribution < -0.4 is 5.32 Å². The lowest BCUT2D eigenvalue weighted by Gasteiger charge is -2.20. The van der Waals surface area contributed by atoms with Crippen LogP contribution in [-0.4, -0.2) is 17.5 Å². The molecule has 5 heteroatoms. The zero-order chi connectivity index (χ0) is 14.7. The Morgan fingerprint density at radius 1 is 1.45 bits per heavy atom. The van der Waals surface area contributed by atoms with Crippen molar-refractivity contribution in [1.29, 1.82) is 0 Å². The van der Waals surface area contributed by atoms with Crippen LogP contribution in [0.5, 0.6) is 0 Å². The summed E-state index contributed by atoms with van der Waals surface area (Å²) in [4.78, 5) is 24.5. The molecule has 1 aromatic carbocycles. The van der Waals surface area contributed by atoms with Gasteiger partial charge in [-0.15, -0.1) is 0 Å². The number of ether oxygens (including phenoxy) is 1. The lowest BCUT2D eigenvalue weighted by molar-refractivity contribution is -0.157. The maximum Gasteiger partial charge on any atom is 0.310 e. The summed E-state index contributed by atoms with van der Waals surface area (Å²) >= 11 is 3.41. The summed E-state index contributed by atoms with van der Waals surface area (Å²) in [6.07, 6.45) is 0.525. The van der Waals surface area contributed by atoms with Crippen LogP contribution in [0, 0.1) is 5.92 Å². The fourth-order valence-electron chi connectivity index (χ4n) is 2.82. The second kappa shape index (κ2) is 4.07. The molecule has 1 amide bonds. The molecule has 1 aliphatic carbocycles. The van der Waals surface area contributed by atoms with Crippen LogP contribution in [0.1, 0.15) is 32.8 Å². The Morgan fingerprint density at radius 3 is 2.80 bits per heavy atom. The van der Waals surface area contributed by atoms with Gasteiger partial charge in [-0.05, 0) is 51.0 Å². The Morgan fingerprint density at radius 2 is 2.15 bits per heavy atom. The summed E-state index contributed by atoms with van der Waals surface area (Å²) in [5.74, 6) is -0.765. The highest BCUT2D eigenvalue weighted by molar-refractivity contribution is 9.10. The molecule has 20 heavy (non-hydrogen) atoms. The van der Waals surface area contributed by atoms with E-state index in [0.717, 1.165) is 15.7 Å². The predicted octanol–water partition coefficient (Wildman–Crippen LogP) is 3.00. The zero-order valence-electron chi connectivity index (χ0n) is 11.6. The number of fused-ring (bicyclic) bond motifs is 2. The van der Waals surface area contributed by atoms with Gasteiger partial charge in [0.2, 0.25) is 5.91 Å². The zero-order valence-corrected chi connectivity index (χ0v) is 13.2. The van der Waals surface area contributed by atoms with Crippen molar-refractivity contribution in [2.45, 2.75) is 38.2 Å². The molecular weight excluding hydrogens is 322 g/mol. The second-order valence-corrected chi connectivity index (χ2v) is 7.32. The van der Waals surface area contributed by atoms with Crippen molar-refractivity contribution in [2.75, 3.05) is 5.32 Å². The van der Waals surface area contributed by atoms with Gasteiger partial charge in [0.15, 0.2) is 0 Å². The Kier molecular flexibility index (Phi) is 2.77. The van der Waals surface area contributed by atoms with Crippen molar-refractivity contribution in [1.82, 2.24) is 0 Å². The number of carbonyl (C=O) groups excluding carboxylic acids is 2. The molecule has 3 rings (SSSR count). The molecular formula is C15H16BrNO3. The number of anilines is 1. The third-order valence-corrected chi connectivity index (χ3v) is 4.26. The van der Waals surface area contributed by atoms with Crippen molar-refractivity contribution in [3.63, 3.8) is 0 Å². The molecule has 1 aliphatic heterocycles. The summed E-state index contributed by atoms with van der Waals surface area (Å²) in [7, 11) is 0. The van der Waals surface area contributed by atoms with Crippen molar-refractivity contribution < 1.29 is 14.3 Å². The molecule has 0 radical (unpaired) electrons. The van der Waals surface area contributed by atoms with Gasteiger partial charge in [-0.3, -0.25) is 9.59 Å². The van der Waals surface area contributed by atoms with E-state index in [1.54, 1.807) is 0 Å². The average Bonchev–Trinajstić information content (AvgIpc) is 2.99. The first kappa shape index (κ1) is 13.6. The number of esters is 1.